The molecular formula is C14H17NO5S. The van der Waals surface area contributed by atoms with Crippen LogP contribution < -0.4 is 5.32 Å². The lowest BCUT2D eigenvalue weighted by Gasteiger charge is -2.11. The van der Waals surface area contributed by atoms with Gasteiger partial charge in [0.15, 0.2) is 9.84 Å². The minimum atomic E-state index is -3.39. The molecular weight excluding hydrogens is 294 g/mol. The summed E-state index contributed by atoms with van der Waals surface area (Å²) in [4.78, 5) is 22.9. The first-order valence-electron chi connectivity index (χ1n) is 6.07. The summed E-state index contributed by atoms with van der Waals surface area (Å²) in [6.45, 7) is 4.44. The Balaban J connectivity index is 3.17. The zero-order chi connectivity index (χ0) is 16.4. The monoisotopic (exact) mass is 311 g/mol. The van der Waals surface area contributed by atoms with Gasteiger partial charge in [0.1, 0.15) is 0 Å². The second-order valence-corrected chi connectivity index (χ2v) is 6.77. The van der Waals surface area contributed by atoms with Crippen LogP contribution in [0.15, 0.2) is 34.2 Å². The summed E-state index contributed by atoms with van der Waals surface area (Å²) in [7, 11) is -3.39. The first kappa shape index (κ1) is 16.9. The number of benzene rings is 1. The average Bonchev–Trinajstić information content (AvgIpc) is 2.37. The number of rotatable bonds is 4. The van der Waals surface area contributed by atoms with Crippen molar-refractivity contribution < 1.29 is 23.1 Å². The van der Waals surface area contributed by atoms with Crippen molar-refractivity contribution in [2.45, 2.75) is 25.7 Å². The topological polar surface area (TPSA) is 101 Å². The van der Waals surface area contributed by atoms with Crippen LogP contribution in [0.1, 0.15) is 19.4 Å². The van der Waals surface area contributed by atoms with Gasteiger partial charge in [0.2, 0.25) is 0 Å². The number of carboxylic acids is 1. The molecule has 0 unspecified atom stereocenters. The number of sulfone groups is 1. The molecule has 1 amide bonds. The number of anilines is 1. The lowest BCUT2D eigenvalue weighted by atomic mass is 10.1. The summed E-state index contributed by atoms with van der Waals surface area (Å²) in [5.41, 5.74) is 1.01. The molecule has 6 nitrogen and oxygen atoms in total. The van der Waals surface area contributed by atoms with Gasteiger partial charge in [-0.25, -0.2) is 13.2 Å². The quantitative estimate of drug-likeness (QED) is 0.825. The Morgan fingerprint density at radius 2 is 1.71 bits per heavy atom. The van der Waals surface area contributed by atoms with Crippen molar-refractivity contribution in [3.63, 3.8) is 0 Å². The normalized spacial score (nSPS) is 12.6. The zero-order valence-electron chi connectivity index (χ0n) is 12.2. The third-order valence-corrected chi connectivity index (χ3v) is 4.22. The molecule has 0 aliphatic carbocycles. The molecule has 0 fully saturated rings. The maximum absolute atomic E-state index is 12.0. The number of carbonyl (C=O) groups is 2. The number of carboxylic acid groups (broad SMARTS) is 1. The maximum atomic E-state index is 12.0. The highest BCUT2D eigenvalue weighted by molar-refractivity contribution is 7.90. The largest absolute Gasteiger partial charge is 0.478 e. The summed E-state index contributed by atoms with van der Waals surface area (Å²) < 4.78 is 23.0. The molecule has 114 valence electrons. The van der Waals surface area contributed by atoms with E-state index in [4.69, 9.17) is 5.11 Å². The molecule has 2 N–H and O–H groups in total. The van der Waals surface area contributed by atoms with Crippen LogP contribution in [-0.4, -0.2) is 31.7 Å². The molecule has 0 saturated carbocycles. The molecule has 21 heavy (non-hydrogen) atoms. The Morgan fingerprint density at radius 3 is 2.19 bits per heavy atom. The van der Waals surface area contributed by atoms with Crippen LogP contribution in [0.5, 0.6) is 0 Å². The summed E-state index contributed by atoms with van der Waals surface area (Å²) >= 11 is 0. The van der Waals surface area contributed by atoms with E-state index < -0.39 is 21.7 Å². The second-order valence-electron chi connectivity index (χ2n) is 4.76. The molecule has 0 radical (unpaired) electrons. The second kappa shape index (κ2) is 6.09. The highest BCUT2D eigenvalue weighted by Gasteiger charge is 2.15. The number of carbonyl (C=O) groups excluding carboxylic acids is 1. The van der Waals surface area contributed by atoms with Gasteiger partial charge in [-0.3, -0.25) is 4.79 Å². The van der Waals surface area contributed by atoms with Crippen molar-refractivity contribution in [2.75, 3.05) is 11.6 Å². The summed E-state index contributed by atoms with van der Waals surface area (Å²) in [5, 5.41) is 11.4. The van der Waals surface area contributed by atoms with Gasteiger partial charge in [-0.2, -0.15) is 0 Å². The van der Waals surface area contributed by atoms with E-state index in [0.717, 1.165) is 6.26 Å². The van der Waals surface area contributed by atoms with Gasteiger partial charge < -0.3 is 10.4 Å². The Hall–Kier alpha value is -2.15. The highest BCUT2D eigenvalue weighted by Crippen LogP contribution is 2.21. The van der Waals surface area contributed by atoms with Crippen molar-refractivity contribution in [2.24, 2.45) is 0 Å². The van der Waals surface area contributed by atoms with Crippen molar-refractivity contribution in [1.82, 2.24) is 0 Å². The van der Waals surface area contributed by atoms with Crippen LogP contribution in [0.25, 0.3) is 0 Å². The molecule has 1 aromatic rings. The molecule has 1 rings (SSSR count). The fourth-order valence-corrected chi connectivity index (χ4v) is 2.16. The lowest BCUT2D eigenvalue weighted by molar-refractivity contribution is -0.133. The first-order chi connectivity index (χ1) is 9.54. The molecule has 0 saturated heterocycles. The number of hydrogen-bond donors (Lipinski definition) is 2. The number of hydrogen-bond acceptors (Lipinski definition) is 4. The Bertz CT molecular complexity index is 732. The van der Waals surface area contributed by atoms with Gasteiger partial charge in [0.25, 0.3) is 5.91 Å². The molecule has 0 aliphatic rings. The first-order valence-corrected chi connectivity index (χ1v) is 7.96. The van der Waals surface area contributed by atoms with Crippen LogP contribution in [0.3, 0.4) is 0 Å². The van der Waals surface area contributed by atoms with Gasteiger partial charge in [-0.05, 0) is 38.5 Å². The number of nitrogens with one attached hydrogen (secondary N) is 1. The van der Waals surface area contributed by atoms with Gasteiger partial charge in [0, 0.05) is 23.1 Å². The lowest BCUT2D eigenvalue weighted by Crippen LogP contribution is -2.17. The smallest absolute Gasteiger partial charge is 0.331 e. The zero-order valence-corrected chi connectivity index (χ0v) is 13.0. The Kier molecular flexibility index (Phi) is 4.90. The van der Waals surface area contributed by atoms with E-state index in [2.05, 4.69) is 5.32 Å². The summed E-state index contributed by atoms with van der Waals surface area (Å²) in [6.07, 6.45) is 1.07. The van der Waals surface area contributed by atoms with E-state index in [9.17, 15) is 18.0 Å². The minimum absolute atomic E-state index is 0.0617. The SMILES string of the molecule is CC(C(=O)O)=C(C)C(=O)Nc1cc(S(C)(=O)=O)ccc1C. The van der Waals surface area contributed by atoms with E-state index in [-0.39, 0.29) is 16.0 Å². The third kappa shape index (κ3) is 4.16. The molecule has 0 spiro atoms. The Labute approximate surface area is 123 Å². The van der Waals surface area contributed by atoms with Crippen LogP contribution in [0, 0.1) is 6.92 Å². The van der Waals surface area contributed by atoms with Crippen molar-refractivity contribution in [1.29, 1.82) is 0 Å². The number of aryl methyl sites for hydroxylation is 1. The van der Waals surface area contributed by atoms with E-state index in [1.165, 1.54) is 26.0 Å². The van der Waals surface area contributed by atoms with Crippen LogP contribution in [-0.2, 0) is 19.4 Å². The predicted octanol–water partition coefficient (Wildman–Crippen LogP) is 1.76. The molecule has 0 atom stereocenters. The van der Waals surface area contributed by atoms with E-state index in [1.54, 1.807) is 13.0 Å². The van der Waals surface area contributed by atoms with E-state index >= 15 is 0 Å². The minimum Gasteiger partial charge on any atom is -0.478 e. The van der Waals surface area contributed by atoms with Crippen LogP contribution in [0.4, 0.5) is 5.69 Å². The van der Waals surface area contributed by atoms with E-state index in [0.29, 0.717) is 11.3 Å². The van der Waals surface area contributed by atoms with Crippen molar-refractivity contribution in [3.8, 4) is 0 Å². The van der Waals surface area contributed by atoms with Crippen molar-refractivity contribution >= 4 is 27.4 Å². The molecule has 0 heterocycles. The maximum Gasteiger partial charge on any atom is 0.331 e. The number of amides is 1. The predicted molar refractivity (Wildman–Crippen MR) is 78.9 cm³/mol. The fraction of sp³-hybridized carbons (Fsp3) is 0.286. The number of aliphatic carboxylic acids is 1. The third-order valence-electron chi connectivity index (χ3n) is 3.11. The molecule has 0 aromatic heterocycles. The van der Waals surface area contributed by atoms with Gasteiger partial charge in [-0.1, -0.05) is 6.07 Å². The van der Waals surface area contributed by atoms with E-state index in [1.807, 2.05) is 0 Å². The van der Waals surface area contributed by atoms with Gasteiger partial charge in [-0.15, -0.1) is 0 Å². The van der Waals surface area contributed by atoms with Crippen LogP contribution >= 0.6 is 0 Å². The summed E-state index contributed by atoms with van der Waals surface area (Å²) in [6, 6.07) is 4.38. The Morgan fingerprint density at radius 1 is 1.14 bits per heavy atom. The fourth-order valence-electron chi connectivity index (χ4n) is 1.51. The van der Waals surface area contributed by atoms with Crippen molar-refractivity contribution in [3.05, 3.63) is 34.9 Å². The highest BCUT2D eigenvalue weighted by atomic mass is 32.2. The molecule has 7 heteroatoms. The summed E-state index contributed by atoms with van der Waals surface area (Å²) in [5.74, 6) is -1.76. The van der Waals surface area contributed by atoms with Gasteiger partial charge >= 0.3 is 5.97 Å². The van der Waals surface area contributed by atoms with Crippen LogP contribution in [0.2, 0.25) is 0 Å². The standard InChI is InChI=1S/C14H17NO5S/c1-8-5-6-11(21(4,19)20)7-12(8)15-13(16)9(2)10(3)14(17)18/h5-7H,1-4H3,(H,15,16)(H,17,18). The molecule has 1 aromatic carbocycles. The molecule has 0 bridgehead atoms. The average molecular weight is 311 g/mol. The van der Waals surface area contributed by atoms with Gasteiger partial charge in [0.05, 0.1) is 4.90 Å². The molecule has 0 aliphatic heterocycles.